The van der Waals surface area contributed by atoms with Crippen LogP contribution in [0, 0.1) is 11.8 Å². The van der Waals surface area contributed by atoms with Gasteiger partial charge >= 0.3 is 0 Å². The Labute approximate surface area is 116 Å². The van der Waals surface area contributed by atoms with Crippen LogP contribution in [0.3, 0.4) is 0 Å². The van der Waals surface area contributed by atoms with Gasteiger partial charge < -0.3 is 10.3 Å². The van der Waals surface area contributed by atoms with E-state index in [4.69, 9.17) is 21.9 Å². The molecule has 0 saturated heterocycles. The van der Waals surface area contributed by atoms with Crippen LogP contribution in [0.5, 0.6) is 0 Å². The number of hydrogen-bond donors (Lipinski definition) is 1. The Hall–Kier alpha value is -1.48. The molecule has 2 aromatic rings. The molecule has 0 bridgehead atoms. The first-order valence-corrected chi connectivity index (χ1v) is 7.14. The van der Waals surface area contributed by atoms with Crippen LogP contribution in [0.25, 0.3) is 11.1 Å². The summed E-state index contributed by atoms with van der Waals surface area (Å²) < 4.78 is 5.24. The van der Waals surface area contributed by atoms with Crippen LogP contribution in [0.2, 0.25) is 5.02 Å². The number of hydrogen-bond acceptors (Lipinski definition) is 3. The van der Waals surface area contributed by atoms with Crippen LogP contribution in [-0.2, 0) is 0 Å². The molecule has 0 aliphatic heterocycles. The highest BCUT2D eigenvalue weighted by atomic mass is 35.5. The molecule has 1 heterocycles. The first-order chi connectivity index (χ1) is 9.25. The minimum Gasteiger partial charge on any atom is -0.367 e. The number of halogens is 1. The summed E-state index contributed by atoms with van der Waals surface area (Å²) in [6.45, 7) is 0. The van der Waals surface area contributed by atoms with E-state index in [-0.39, 0.29) is 0 Å². The van der Waals surface area contributed by atoms with Crippen LogP contribution in [-0.4, -0.2) is 5.16 Å². The Morgan fingerprint density at radius 2 is 1.84 bits per heavy atom. The van der Waals surface area contributed by atoms with Gasteiger partial charge in [-0.3, -0.25) is 0 Å². The molecule has 3 nitrogen and oxygen atoms in total. The zero-order valence-electron chi connectivity index (χ0n) is 10.5. The van der Waals surface area contributed by atoms with Gasteiger partial charge in [-0.2, -0.15) is 0 Å². The second-order valence-electron chi connectivity index (χ2n) is 5.60. The van der Waals surface area contributed by atoms with Gasteiger partial charge in [0.2, 0.25) is 5.88 Å². The lowest BCUT2D eigenvalue weighted by Gasteiger charge is -2.04. The molecular formula is C15H15ClN2O. The quantitative estimate of drug-likeness (QED) is 0.897. The Morgan fingerprint density at radius 3 is 2.53 bits per heavy atom. The largest absolute Gasteiger partial charge is 0.367 e. The maximum Gasteiger partial charge on any atom is 0.230 e. The Morgan fingerprint density at radius 1 is 1.16 bits per heavy atom. The number of nitrogens with zero attached hydrogens (tertiary/aromatic N) is 1. The average molecular weight is 275 g/mol. The Balaban J connectivity index is 1.75. The molecule has 0 radical (unpaired) electrons. The number of nitrogens with two attached hydrogens (primary N) is 1. The normalized spacial score (nSPS) is 28.4. The zero-order valence-corrected chi connectivity index (χ0v) is 11.2. The van der Waals surface area contributed by atoms with Gasteiger partial charge in [0.25, 0.3) is 0 Å². The van der Waals surface area contributed by atoms with Crippen molar-refractivity contribution in [1.82, 2.24) is 5.16 Å². The van der Waals surface area contributed by atoms with Crippen molar-refractivity contribution in [2.24, 2.45) is 11.8 Å². The number of benzene rings is 1. The van der Waals surface area contributed by atoms with E-state index in [0.29, 0.717) is 11.8 Å². The van der Waals surface area contributed by atoms with Crippen LogP contribution in [0.1, 0.15) is 30.9 Å². The molecule has 2 atom stereocenters. The number of nitrogen functional groups attached to an aromatic ring is 1. The second-order valence-corrected chi connectivity index (χ2v) is 6.03. The second kappa shape index (κ2) is 4.01. The van der Waals surface area contributed by atoms with Crippen LogP contribution in [0.15, 0.2) is 28.8 Å². The van der Waals surface area contributed by atoms with E-state index in [2.05, 4.69) is 5.16 Å². The summed E-state index contributed by atoms with van der Waals surface area (Å²) in [5, 5.41) is 4.95. The molecule has 0 spiro atoms. The van der Waals surface area contributed by atoms with Crippen molar-refractivity contribution in [3.63, 3.8) is 0 Å². The third-order valence-corrected chi connectivity index (χ3v) is 4.85. The smallest absolute Gasteiger partial charge is 0.230 e. The topological polar surface area (TPSA) is 52.0 Å². The summed E-state index contributed by atoms with van der Waals surface area (Å²) in [7, 11) is 0. The molecule has 2 N–H and O–H groups in total. The van der Waals surface area contributed by atoms with Crippen LogP contribution >= 0.6 is 11.6 Å². The molecule has 1 aromatic carbocycles. The first-order valence-electron chi connectivity index (χ1n) is 6.76. The van der Waals surface area contributed by atoms with E-state index >= 15 is 0 Å². The molecule has 2 fully saturated rings. The molecule has 0 amide bonds. The summed E-state index contributed by atoms with van der Waals surface area (Å²) in [5.41, 5.74) is 9.03. The molecule has 19 heavy (non-hydrogen) atoms. The van der Waals surface area contributed by atoms with Gasteiger partial charge in [-0.1, -0.05) is 35.3 Å². The molecule has 4 rings (SSSR count). The zero-order chi connectivity index (χ0) is 13.0. The van der Waals surface area contributed by atoms with Crippen molar-refractivity contribution in [3.05, 3.63) is 35.0 Å². The van der Waals surface area contributed by atoms with Crippen LogP contribution in [0.4, 0.5) is 5.88 Å². The van der Waals surface area contributed by atoms with Crippen molar-refractivity contribution in [1.29, 1.82) is 0 Å². The Kier molecular flexibility index (Phi) is 2.39. The first kappa shape index (κ1) is 11.4. The fourth-order valence-electron chi connectivity index (χ4n) is 3.68. The minimum absolute atomic E-state index is 0.419. The van der Waals surface area contributed by atoms with E-state index in [9.17, 15) is 0 Å². The van der Waals surface area contributed by atoms with Crippen molar-refractivity contribution in [2.45, 2.75) is 25.2 Å². The Bertz CT molecular complexity index is 610. The van der Waals surface area contributed by atoms with Crippen LogP contribution < -0.4 is 5.73 Å². The monoisotopic (exact) mass is 274 g/mol. The molecule has 1 aromatic heterocycles. The summed E-state index contributed by atoms with van der Waals surface area (Å²) in [5.74, 6) is 2.58. The van der Waals surface area contributed by atoms with Crippen molar-refractivity contribution in [3.8, 4) is 11.1 Å². The molecule has 2 unspecified atom stereocenters. The molecular weight excluding hydrogens is 260 g/mol. The highest BCUT2D eigenvalue weighted by Gasteiger charge is 2.55. The fraction of sp³-hybridized carbons (Fsp3) is 0.400. The van der Waals surface area contributed by atoms with E-state index in [1.54, 1.807) is 0 Å². The third kappa shape index (κ3) is 1.68. The molecule has 4 heteroatoms. The van der Waals surface area contributed by atoms with E-state index in [1.807, 2.05) is 24.3 Å². The highest BCUT2D eigenvalue weighted by molar-refractivity contribution is 6.30. The van der Waals surface area contributed by atoms with Gasteiger partial charge in [-0.25, -0.2) is 0 Å². The van der Waals surface area contributed by atoms with Crippen molar-refractivity contribution >= 4 is 17.5 Å². The van der Waals surface area contributed by atoms with Gasteiger partial charge in [0, 0.05) is 10.9 Å². The standard InChI is InChI=1S/C15H15ClN2O/c16-9-6-4-8(5-7-9)12-14(18-19-15(12)17)13-10-2-1-3-11(10)13/h4-7,10-11,13H,1-3,17H2. The predicted octanol–water partition coefficient (Wildman–Crippen LogP) is 4.09. The summed E-state index contributed by atoms with van der Waals surface area (Å²) in [4.78, 5) is 0. The number of fused-ring (bicyclic) bond motifs is 1. The van der Waals surface area contributed by atoms with Gasteiger partial charge in [0.1, 0.15) is 0 Å². The maximum absolute atomic E-state index is 5.97. The lowest BCUT2D eigenvalue weighted by Crippen LogP contribution is -1.93. The van der Waals surface area contributed by atoms with Gasteiger partial charge in [-0.05, 0) is 42.4 Å². The van der Waals surface area contributed by atoms with E-state index in [1.165, 1.54) is 19.3 Å². The lowest BCUT2D eigenvalue weighted by molar-refractivity contribution is 0.424. The fourth-order valence-corrected chi connectivity index (χ4v) is 3.80. The van der Waals surface area contributed by atoms with E-state index in [0.717, 1.165) is 33.7 Å². The number of aromatic nitrogens is 1. The molecule has 2 aliphatic rings. The minimum atomic E-state index is 0.419. The number of rotatable bonds is 2. The third-order valence-electron chi connectivity index (χ3n) is 4.60. The summed E-state index contributed by atoms with van der Waals surface area (Å²) >= 11 is 5.94. The molecule has 98 valence electrons. The highest BCUT2D eigenvalue weighted by Crippen LogP contribution is 2.64. The predicted molar refractivity (Wildman–Crippen MR) is 74.9 cm³/mol. The van der Waals surface area contributed by atoms with Gasteiger partial charge in [0.05, 0.1) is 11.3 Å². The van der Waals surface area contributed by atoms with Crippen molar-refractivity contribution < 1.29 is 4.52 Å². The molecule has 2 saturated carbocycles. The summed E-state index contributed by atoms with van der Waals surface area (Å²) in [6, 6.07) is 7.71. The van der Waals surface area contributed by atoms with Gasteiger partial charge in [0.15, 0.2) is 0 Å². The summed E-state index contributed by atoms with van der Waals surface area (Å²) in [6.07, 6.45) is 4.00. The van der Waals surface area contributed by atoms with Gasteiger partial charge in [-0.15, -0.1) is 0 Å². The van der Waals surface area contributed by atoms with E-state index < -0.39 is 0 Å². The molecule has 2 aliphatic carbocycles. The average Bonchev–Trinajstić information content (AvgIpc) is 2.78. The SMILES string of the molecule is Nc1onc(C2C3CCCC32)c1-c1ccc(Cl)cc1. The lowest BCUT2D eigenvalue weighted by atomic mass is 10.00. The maximum atomic E-state index is 5.97. The number of anilines is 1. The van der Waals surface area contributed by atoms with Crippen molar-refractivity contribution in [2.75, 3.05) is 5.73 Å².